The van der Waals surface area contributed by atoms with E-state index in [1.54, 1.807) is 0 Å². The second-order valence-electron chi connectivity index (χ2n) is 7.67. The zero-order chi connectivity index (χ0) is 19.2. The average molecular weight is 367 g/mol. The number of amides is 1. The van der Waals surface area contributed by atoms with Gasteiger partial charge in [-0.25, -0.2) is 0 Å². The van der Waals surface area contributed by atoms with E-state index in [-0.39, 0.29) is 17.9 Å². The number of nitrogens with zero attached hydrogens (tertiary/aromatic N) is 2. The zero-order valence-electron chi connectivity index (χ0n) is 16.3. The lowest BCUT2D eigenvalue weighted by Gasteiger charge is -2.34. The average Bonchev–Trinajstić information content (AvgIpc) is 2.72. The number of anilines is 1. The first kappa shape index (κ1) is 19.4. The van der Waals surface area contributed by atoms with Crippen molar-refractivity contribution in [3.8, 4) is 0 Å². The van der Waals surface area contributed by atoms with E-state index in [4.69, 9.17) is 0 Å². The lowest BCUT2D eigenvalue weighted by atomic mass is 9.88. The smallest absolute Gasteiger partial charge is 0.253 e. The lowest BCUT2D eigenvalue weighted by Crippen LogP contribution is -2.41. The summed E-state index contributed by atoms with van der Waals surface area (Å²) in [6, 6.07) is 18.1. The minimum atomic E-state index is -0.292. The Balaban J connectivity index is 1.50. The van der Waals surface area contributed by atoms with Gasteiger partial charge in [-0.05, 0) is 55.4 Å². The third-order valence-corrected chi connectivity index (χ3v) is 5.55. The van der Waals surface area contributed by atoms with Crippen LogP contribution >= 0.6 is 0 Å². The van der Waals surface area contributed by atoms with E-state index < -0.39 is 0 Å². The molecular weight excluding hydrogens is 336 g/mol. The summed E-state index contributed by atoms with van der Waals surface area (Å²) in [6.45, 7) is 1.44. The summed E-state index contributed by atoms with van der Waals surface area (Å²) >= 11 is 0. The molecule has 1 aliphatic rings. The Labute approximate surface area is 162 Å². The van der Waals surface area contributed by atoms with Gasteiger partial charge >= 0.3 is 0 Å². The number of rotatable bonds is 6. The first-order valence-corrected chi connectivity index (χ1v) is 9.83. The highest BCUT2D eigenvalue weighted by atomic mass is 16.3. The van der Waals surface area contributed by atoms with Crippen LogP contribution in [-0.4, -0.2) is 49.2 Å². The fraction of sp³-hybridized carbons (Fsp3) is 0.435. The van der Waals surface area contributed by atoms with Crippen molar-refractivity contribution < 1.29 is 9.90 Å². The molecule has 0 bridgehead atoms. The monoisotopic (exact) mass is 366 g/mol. The van der Waals surface area contributed by atoms with Gasteiger partial charge < -0.3 is 14.9 Å². The summed E-state index contributed by atoms with van der Waals surface area (Å²) in [7, 11) is 3.96. The van der Waals surface area contributed by atoms with Gasteiger partial charge in [-0.3, -0.25) is 4.79 Å². The van der Waals surface area contributed by atoms with E-state index in [1.165, 1.54) is 5.56 Å². The predicted octanol–water partition coefficient (Wildman–Crippen LogP) is 3.60. The first-order valence-electron chi connectivity index (χ1n) is 9.83. The second-order valence-corrected chi connectivity index (χ2v) is 7.67. The molecule has 1 amide bonds. The molecule has 0 radical (unpaired) electrons. The highest BCUT2D eigenvalue weighted by Crippen LogP contribution is 2.25. The van der Waals surface area contributed by atoms with Gasteiger partial charge in [0, 0.05) is 38.4 Å². The van der Waals surface area contributed by atoms with E-state index in [1.807, 2.05) is 66.4 Å². The van der Waals surface area contributed by atoms with Crippen LogP contribution in [0.3, 0.4) is 0 Å². The maximum atomic E-state index is 12.8. The minimum absolute atomic E-state index is 0.0934. The number of benzene rings is 2. The van der Waals surface area contributed by atoms with Crippen LogP contribution in [0.4, 0.5) is 5.69 Å². The van der Waals surface area contributed by atoms with Gasteiger partial charge in [0.25, 0.3) is 5.91 Å². The summed E-state index contributed by atoms with van der Waals surface area (Å²) in [4.78, 5) is 16.7. The van der Waals surface area contributed by atoms with Crippen LogP contribution in [0.2, 0.25) is 0 Å². The SMILES string of the molecule is CN(C)c1cccc(C(=O)N2CCC([C@@H](O)CCc3ccccc3)CC2)c1. The fourth-order valence-electron chi connectivity index (χ4n) is 3.78. The third-order valence-electron chi connectivity index (χ3n) is 5.55. The summed E-state index contributed by atoms with van der Waals surface area (Å²) in [5, 5.41) is 10.6. The first-order chi connectivity index (χ1) is 13.0. The van der Waals surface area contributed by atoms with E-state index in [9.17, 15) is 9.90 Å². The fourth-order valence-corrected chi connectivity index (χ4v) is 3.78. The number of hydrogen-bond acceptors (Lipinski definition) is 3. The minimum Gasteiger partial charge on any atom is -0.393 e. The lowest BCUT2D eigenvalue weighted by molar-refractivity contribution is 0.0437. The molecule has 1 fully saturated rings. The van der Waals surface area contributed by atoms with Crippen LogP contribution < -0.4 is 4.90 Å². The van der Waals surface area contributed by atoms with Gasteiger partial charge in [0.05, 0.1) is 6.10 Å². The predicted molar refractivity (Wildman–Crippen MR) is 110 cm³/mol. The largest absolute Gasteiger partial charge is 0.393 e. The molecular formula is C23H30N2O2. The molecule has 1 aliphatic heterocycles. The van der Waals surface area contributed by atoms with Crippen LogP contribution in [0, 0.1) is 5.92 Å². The van der Waals surface area contributed by atoms with Gasteiger partial charge in [-0.1, -0.05) is 36.4 Å². The summed E-state index contributed by atoms with van der Waals surface area (Å²) < 4.78 is 0. The molecule has 4 nitrogen and oxygen atoms in total. The van der Waals surface area contributed by atoms with E-state index >= 15 is 0 Å². The molecule has 0 unspecified atom stereocenters. The van der Waals surface area contributed by atoms with Crippen LogP contribution in [0.1, 0.15) is 35.2 Å². The Morgan fingerprint density at radius 3 is 2.48 bits per heavy atom. The Morgan fingerprint density at radius 2 is 1.81 bits per heavy atom. The van der Waals surface area contributed by atoms with Gasteiger partial charge in [-0.2, -0.15) is 0 Å². The molecule has 144 valence electrons. The van der Waals surface area contributed by atoms with Crippen LogP contribution in [0.15, 0.2) is 54.6 Å². The van der Waals surface area contributed by atoms with Crippen molar-refractivity contribution in [3.63, 3.8) is 0 Å². The molecule has 0 aromatic heterocycles. The third kappa shape index (κ3) is 5.10. The quantitative estimate of drug-likeness (QED) is 0.849. The van der Waals surface area contributed by atoms with Crippen molar-refractivity contribution in [3.05, 3.63) is 65.7 Å². The van der Waals surface area contributed by atoms with Crippen LogP contribution in [0.25, 0.3) is 0 Å². The maximum absolute atomic E-state index is 12.8. The van der Waals surface area contributed by atoms with E-state index in [0.717, 1.165) is 50.0 Å². The number of carbonyl (C=O) groups is 1. The van der Waals surface area contributed by atoms with Crippen molar-refractivity contribution in [2.75, 3.05) is 32.1 Å². The molecule has 0 saturated carbocycles. The zero-order valence-corrected chi connectivity index (χ0v) is 16.3. The molecule has 1 saturated heterocycles. The number of likely N-dealkylation sites (tertiary alicyclic amines) is 1. The molecule has 0 spiro atoms. The van der Waals surface area contributed by atoms with Gasteiger partial charge in [0.2, 0.25) is 0 Å². The van der Waals surface area contributed by atoms with Crippen molar-refractivity contribution >= 4 is 11.6 Å². The molecule has 1 atom stereocenters. The number of hydrogen-bond donors (Lipinski definition) is 1. The van der Waals surface area contributed by atoms with Crippen LogP contribution in [0.5, 0.6) is 0 Å². The maximum Gasteiger partial charge on any atom is 0.253 e. The Hall–Kier alpha value is -2.33. The van der Waals surface area contributed by atoms with Gasteiger partial charge in [0.15, 0.2) is 0 Å². The Morgan fingerprint density at radius 1 is 1.11 bits per heavy atom. The molecule has 2 aromatic rings. The topological polar surface area (TPSA) is 43.8 Å². The van der Waals surface area contributed by atoms with Gasteiger partial charge in [0.1, 0.15) is 0 Å². The molecule has 1 heterocycles. The molecule has 27 heavy (non-hydrogen) atoms. The summed E-state index contributed by atoms with van der Waals surface area (Å²) in [6.07, 6.45) is 3.13. The van der Waals surface area contributed by atoms with Crippen LogP contribution in [-0.2, 0) is 6.42 Å². The molecule has 4 heteroatoms. The van der Waals surface area contributed by atoms with E-state index in [0.29, 0.717) is 0 Å². The van der Waals surface area contributed by atoms with Gasteiger partial charge in [-0.15, -0.1) is 0 Å². The normalized spacial score (nSPS) is 16.2. The van der Waals surface area contributed by atoms with Crippen molar-refractivity contribution in [2.45, 2.75) is 31.8 Å². The Bertz CT molecular complexity index is 737. The number of piperidine rings is 1. The molecule has 1 N–H and O–H groups in total. The number of carbonyl (C=O) groups excluding carboxylic acids is 1. The van der Waals surface area contributed by atoms with E-state index in [2.05, 4.69) is 12.1 Å². The molecule has 2 aromatic carbocycles. The highest BCUT2D eigenvalue weighted by Gasteiger charge is 2.27. The number of aryl methyl sites for hydroxylation is 1. The molecule has 3 rings (SSSR count). The Kier molecular flexibility index (Phi) is 6.51. The summed E-state index contributed by atoms with van der Waals surface area (Å²) in [5.74, 6) is 0.377. The summed E-state index contributed by atoms with van der Waals surface area (Å²) in [5.41, 5.74) is 3.04. The van der Waals surface area contributed by atoms with Crippen molar-refractivity contribution in [1.29, 1.82) is 0 Å². The number of aliphatic hydroxyl groups excluding tert-OH is 1. The van der Waals surface area contributed by atoms with Crippen molar-refractivity contribution in [1.82, 2.24) is 4.90 Å². The highest BCUT2D eigenvalue weighted by molar-refractivity contribution is 5.95. The van der Waals surface area contributed by atoms with Crippen molar-refractivity contribution in [2.24, 2.45) is 5.92 Å². The standard InChI is InChI=1S/C23H30N2O2/c1-24(2)21-10-6-9-20(17-21)23(27)25-15-13-19(14-16-25)22(26)12-11-18-7-4-3-5-8-18/h3-10,17,19,22,26H,11-16H2,1-2H3/t22-/m0/s1. The molecule has 0 aliphatic carbocycles. The number of aliphatic hydroxyl groups is 1. The second kappa shape index (κ2) is 9.05.